The van der Waals surface area contributed by atoms with Crippen LogP contribution in [0.1, 0.15) is 5.56 Å². The second kappa shape index (κ2) is 6.30. The molecule has 0 fully saturated rings. The fraction of sp³-hybridized carbons (Fsp3) is 0.250. The molecule has 0 bridgehead atoms. The minimum absolute atomic E-state index is 0. The maximum absolute atomic E-state index is 12.2. The first-order valence-electron chi connectivity index (χ1n) is 4.03. The Morgan fingerprint density at radius 1 is 1.21 bits per heavy atom. The standard InChI is InChI=1S/C8H10BF3N.K/c10-9(11,12)8-3-1-2-7(6-8)4-5-13;/h1-3,6H,4-5,13H2;/q-1;+1. The predicted octanol–water partition coefficient (Wildman–Crippen LogP) is -1.75. The van der Waals surface area contributed by atoms with Crippen LogP contribution >= 0.6 is 0 Å². The van der Waals surface area contributed by atoms with E-state index in [1.165, 1.54) is 6.07 Å². The molecule has 0 aliphatic carbocycles. The van der Waals surface area contributed by atoms with E-state index in [4.69, 9.17) is 5.73 Å². The normalized spacial score (nSPS) is 10.9. The van der Waals surface area contributed by atoms with Crippen LogP contribution in [-0.2, 0) is 6.42 Å². The van der Waals surface area contributed by atoms with E-state index in [9.17, 15) is 12.9 Å². The second-order valence-electron chi connectivity index (χ2n) is 2.86. The van der Waals surface area contributed by atoms with Crippen molar-refractivity contribution in [2.75, 3.05) is 6.54 Å². The van der Waals surface area contributed by atoms with Crippen molar-refractivity contribution in [1.82, 2.24) is 0 Å². The summed E-state index contributed by atoms with van der Waals surface area (Å²) in [6.07, 6.45) is 0.486. The Labute approximate surface area is 124 Å². The third-order valence-corrected chi connectivity index (χ3v) is 1.76. The number of rotatable bonds is 3. The van der Waals surface area contributed by atoms with E-state index in [2.05, 4.69) is 0 Å². The van der Waals surface area contributed by atoms with Crippen LogP contribution in [0.5, 0.6) is 0 Å². The number of hydrogen-bond donors (Lipinski definition) is 1. The maximum atomic E-state index is 12.2. The van der Waals surface area contributed by atoms with Gasteiger partial charge in [-0.3, -0.25) is 0 Å². The van der Waals surface area contributed by atoms with Crippen molar-refractivity contribution in [3.05, 3.63) is 29.8 Å². The summed E-state index contributed by atoms with van der Waals surface area (Å²) in [6, 6.07) is 5.31. The van der Waals surface area contributed by atoms with Gasteiger partial charge in [-0.1, -0.05) is 24.3 Å². The third kappa shape index (κ3) is 4.46. The molecule has 1 aromatic rings. The van der Waals surface area contributed by atoms with Gasteiger partial charge in [-0.05, 0) is 18.5 Å². The van der Waals surface area contributed by atoms with Gasteiger partial charge in [0.2, 0.25) is 0 Å². The zero-order valence-electron chi connectivity index (χ0n) is 8.01. The molecule has 0 saturated heterocycles. The first-order chi connectivity index (χ1) is 6.04. The Kier molecular flexibility index (Phi) is 6.60. The van der Waals surface area contributed by atoms with Crippen molar-refractivity contribution in [3.63, 3.8) is 0 Å². The molecule has 0 saturated carbocycles. The Hall–Kier alpha value is 0.671. The summed E-state index contributed by atoms with van der Waals surface area (Å²) in [6.45, 7) is -4.51. The largest absolute Gasteiger partial charge is 1.00 e. The van der Waals surface area contributed by atoms with Gasteiger partial charge >= 0.3 is 58.4 Å². The van der Waals surface area contributed by atoms with Crippen molar-refractivity contribution < 1.29 is 64.3 Å². The Morgan fingerprint density at radius 2 is 1.86 bits per heavy atom. The molecule has 2 N–H and O–H groups in total. The fourth-order valence-electron chi connectivity index (χ4n) is 1.12. The van der Waals surface area contributed by atoms with Gasteiger partial charge in [-0.15, -0.1) is 5.46 Å². The van der Waals surface area contributed by atoms with Crippen LogP contribution in [0.15, 0.2) is 24.3 Å². The molecule has 0 aromatic heterocycles. The average molecular weight is 227 g/mol. The molecule has 0 unspecified atom stereocenters. The summed E-state index contributed by atoms with van der Waals surface area (Å²) in [4.78, 5) is 0. The molecule has 14 heavy (non-hydrogen) atoms. The molecule has 0 aliphatic rings. The summed E-state index contributed by atoms with van der Waals surface area (Å²) in [5, 5.41) is 0. The Bertz CT molecular complexity index is 290. The summed E-state index contributed by atoms with van der Waals surface area (Å²) >= 11 is 0. The number of benzene rings is 1. The van der Waals surface area contributed by atoms with Crippen LogP contribution in [0.2, 0.25) is 0 Å². The number of nitrogens with two attached hydrogens (primary N) is 1. The molecule has 1 rings (SSSR count). The predicted molar refractivity (Wildman–Crippen MR) is 47.9 cm³/mol. The molecule has 0 aliphatic heterocycles. The minimum atomic E-state index is -4.88. The maximum Gasteiger partial charge on any atom is 1.00 e. The van der Waals surface area contributed by atoms with Gasteiger partial charge in [-0.2, -0.15) is 0 Å². The Balaban J connectivity index is 0.00000169. The van der Waals surface area contributed by atoms with Crippen molar-refractivity contribution >= 4 is 12.4 Å². The molecular weight excluding hydrogens is 217 g/mol. The molecule has 0 heterocycles. The van der Waals surface area contributed by atoms with Crippen LogP contribution in [0.25, 0.3) is 0 Å². The summed E-state index contributed by atoms with van der Waals surface area (Å²) in [7, 11) is 0. The van der Waals surface area contributed by atoms with Gasteiger partial charge < -0.3 is 18.7 Å². The molecule has 0 amide bonds. The SMILES string of the molecule is NCCc1cccc([B-](F)(F)F)c1.[K+]. The zero-order valence-corrected chi connectivity index (χ0v) is 11.1. The molecule has 0 atom stereocenters. The van der Waals surface area contributed by atoms with E-state index in [-0.39, 0.29) is 51.4 Å². The van der Waals surface area contributed by atoms with E-state index in [1.54, 1.807) is 6.07 Å². The monoisotopic (exact) mass is 227 g/mol. The molecule has 0 radical (unpaired) electrons. The number of halogens is 3. The third-order valence-electron chi connectivity index (χ3n) is 1.76. The van der Waals surface area contributed by atoms with Crippen molar-refractivity contribution in [3.8, 4) is 0 Å². The first-order valence-corrected chi connectivity index (χ1v) is 4.03. The van der Waals surface area contributed by atoms with Gasteiger partial charge in [0.25, 0.3) is 0 Å². The van der Waals surface area contributed by atoms with E-state index in [0.717, 1.165) is 12.1 Å². The van der Waals surface area contributed by atoms with E-state index >= 15 is 0 Å². The minimum Gasteiger partial charge on any atom is -0.445 e. The van der Waals surface area contributed by atoms with E-state index in [0.29, 0.717) is 18.5 Å². The van der Waals surface area contributed by atoms with Crippen LogP contribution in [-0.4, -0.2) is 13.5 Å². The van der Waals surface area contributed by atoms with Crippen LogP contribution in [0.3, 0.4) is 0 Å². The van der Waals surface area contributed by atoms with Gasteiger partial charge in [0, 0.05) is 0 Å². The summed E-state index contributed by atoms with van der Waals surface area (Å²) < 4.78 is 36.7. The van der Waals surface area contributed by atoms with Crippen LogP contribution in [0, 0.1) is 0 Å². The molecule has 1 aromatic carbocycles. The van der Waals surface area contributed by atoms with Crippen LogP contribution in [0.4, 0.5) is 12.9 Å². The summed E-state index contributed by atoms with van der Waals surface area (Å²) in [5.41, 5.74) is 5.33. The second-order valence-corrected chi connectivity index (χ2v) is 2.86. The van der Waals surface area contributed by atoms with Gasteiger partial charge in [0.05, 0.1) is 0 Å². The van der Waals surface area contributed by atoms with Gasteiger partial charge in [0.15, 0.2) is 0 Å². The van der Waals surface area contributed by atoms with Crippen molar-refractivity contribution in [1.29, 1.82) is 0 Å². The number of hydrogen-bond acceptors (Lipinski definition) is 1. The Morgan fingerprint density at radius 3 is 2.36 bits per heavy atom. The molecular formula is C8H10BF3KN. The molecule has 1 nitrogen and oxygen atoms in total. The zero-order chi connectivity index (χ0) is 9.90. The van der Waals surface area contributed by atoms with Crippen LogP contribution < -0.4 is 62.6 Å². The topological polar surface area (TPSA) is 26.0 Å². The fourth-order valence-corrected chi connectivity index (χ4v) is 1.12. The molecule has 6 heteroatoms. The first kappa shape index (κ1) is 14.7. The molecule has 72 valence electrons. The van der Waals surface area contributed by atoms with Crippen molar-refractivity contribution in [2.45, 2.75) is 6.42 Å². The molecule has 0 spiro atoms. The van der Waals surface area contributed by atoms with Crippen molar-refractivity contribution in [2.24, 2.45) is 5.73 Å². The average Bonchev–Trinajstić information content (AvgIpc) is 2.04. The smallest absolute Gasteiger partial charge is 0.445 e. The quantitative estimate of drug-likeness (QED) is 0.609. The van der Waals surface area contributed by atoms with Gasteiger partial charge in [0.1, 0.15) is 0 Å². The van der Waals surface area contributed by atoms with Gasteiger partial charge in [-0.25, -0.2) is 0 Å². The summed E-state index contributed by atoms with van der Waals surface area (Å²) in [5.74, 6) is 0. The van der Waals surface area contributed by atoms with E-state index in [1.807, 2.05) is 0 Å². The van der Waals surface area contributed by atoms with E-state index < -0.39 is 12.4 Å².